The highest BCUT2D eigenvalue weighted by Crippen LogP contribution is 2.22. The standard InChI is InChI=1S/C17H19FN2O3S2/c18-16-7-6-14(25(22,23)20-8-2-1-3-9-20)11-15(16)17(21)19-12-13-5-4-10-24-13/h4-7,10-11H,1-3,8-9,12H2,(H,19,21). The zero-order valence-corrected chi connectivity index (χ0v) is 15.2. The summed E-state index contributed by atoms with van der Waals surface area (Å²) in [4.78, 5) is 13.2. The van der Waals surface area contributed by atoms with Gasteiger partial charge in [-0.1, -0.05) is 12.5 Å². The Morgan fingerprint density at radius 2 is 1.96 bits per heavy atom. The van der Waals surface area contributed by atoms with Gasteiger partial charge >= 0.3 is 0 Å². The second-order valence-corrected chi connectivity index (χ2v) is 8.84. The fourth-order valence-corrected chi connectivity index (χ4v) is 4.96. The Kier molecular flexibility index (Phi) is 5.51. The van der Waals surface area contributed by atoms with Gasteiger partial charge in [-0.2, -0.15) is 4.31 Å². The third-order valence-electron chi connectivity index (χ3n) is 4.14. The van der Waals surface area contributed by atoms with E-state index in [1.54, 1.807) is 0 Å². The molecule has 0 spiro atoms. The van der Waals surface area contributed by atoms with Crippen molar-refractivity contribution < 1.29 is 17.6 Å². The summed E-state index contributed by atoms with van der Waals surface area (Å²) in [5.74, 6) is -1.36. The van der Waals surface area contributed by atoms with E-state index in [-0.39, 0.29) is 17.0 Å². The molecule has 0 radical (unpaired) electrons. The first-order valence-electron chi connectivity index (χ1n) is 8.09. The summed E-state index contributed by atoms with van der Waals surface area (Å²) in [6, 6.07) is 7.10. The number of carbonyl (C=O) groups excluding carboxylic acids is 1. The number of hydrogen-bond donors (Lipinski definition) is 1. The molecule has 1 aromatic heterocycles. The molecule has 0 atom stereocenters. The lowest BCUT2D eigenvalue weighted by Gasteiger charge is -2.26. The monoisotopic (exact) mass is 382 g/mol. The van der Waals surface area contributed by atoms with Crippen LogP contribution in [0.2, 0.25) is 0 Å². The van der Waals surface area contributed by atoms with Crippen LogP contribution in [0, 0.1) is 5.82 Å². The molecule has 0 saturated carbocycles. The van der Waals surface area contributed by atoms with Gasteiger partial charge in [0.15, 0.2) is 0 Å². The predicted octanol–water partition coefficient (Wildman–Crippen LogP) is 2.99. The molecule has 1 N–H and O–H groups in total. The zero-order chi connectivity index (χ0) is 17.9. The lowest BCUT2D eigenvalue weighted by atomic mass is 10.2. The largest absolute Gasteiger partial charge is 0.347 e. The number of sulfonamides is 1. The molecule has 3 rings (SSSR count). The Morgan fingerprint density at radius 3 is 2.64 bits per heavy atom. The summed E-state index contributed by atoms with van der Waals surface area (Å²) >= 11 is 1.48. The average molecular weight is 382 g/mol. The number of nitrogens with one attached hydrogen (secondary N) is 1. The molecule has 25 heavy (non-hydrogen) atoms. The Labute approximate surface area is 150 Å². The molecule has 1 saturated heterocycles. The third kappa shape index (κ3) is 4.08. The molecular formula is C17H19FN2O3S2. The first-order valence-corrected chi connectivity index (χ1v) is 10.4. The second kappa shape index (κ2) is 7.63. The van der Waals surface area contributed by atoms with Crippen molar-refractivity contribution in [2.75, 3.05) is 13.1 Å². The number of rotatable bonds is 5. The summed E-state index contributed by atoms with van der Waals surface area (Å²) in [5, 5.41) is 4.51. The summed E-state index contributed by atoms with van der Waals surface area (Å²) < 4.78 is 40.8. The van der Waals surface area contributed by atoms with Crippen molar-refractivity contribution in [2.24, 2.45) is 0 Å². The number of halogens is 1. The van der Waals surface area contributed by atoms with E-state index in [4.69, 9.17) is 0 Å². The van der Waals surface area contributed by atoms with Crippen molar-refractivity contribution in [1.29, 1.82) is 0 Å². The van der Waals surface area contributed by atoms with Gasteiger partial charge in [-0.25, -0.2) is 12.8 Å². The minimum Gasteiger partial charge on any atom is -0.347 e. The van der Waals surface area contributed by atoms with Gasteiger partial charge in [0.25, 0.3) is 5.91 Å². The minimum absolute atomic E-state index is 0.0444. The summed E-state index contributed by atoms with van der Waals surface area (Å²) in [5.41, 5.74) is -0.255. The van der Waals surface area contributed by atoms with Crippen molar-refractivity contribution in [3.63, 3.8) is 0 Å². The summed E-state index contributed by atoms with van der Waals surface area (Å²) in [7, 11) is -3.70. The van der Waals surface area contributed by atoms with Crippen LogP contribution in [0.25, 0.3) is 0 Å². The topological polar surface area (TPSA) is 66.5 Å². The van der Waals surface area contributed by atoms with Crippen molar-refractivity contribution in [2.45, 2.75) is 30.7 Å². The lowest BCUT2D eigenvalue weighted by Crippen LogP contribution is -2.35. The number of piperidine rings is 1. The van der Waals surface area contributed by atoms with E-state index >= 15 is 0 Å². The van der Waals surface area contributed by atoms with Crippen molar-refractivity contribution >= 4 is 27.3 Å². The molecule has 134 valence electrons. The quantitative estimate of drug-likeness (QED) is 0.864. The molecule has 0 aliphatic carbocycles. The van der Waals surface area contributed by atoms with Crippen LogP contribution >= 0.6 is 11.3 Å². The fraction of sp³-hybridized carbons (Fsp3) is 0.353. The SMILES string of the molecule is O=C(NCc1cccs1)c1cc(S(=O)(=O)N2CCCCC2)ccc1F. The Morgan fingerprint density at radius 1 is 1.20 bits per heavy atom. The predicted molar refractivity (Wildman–Crippen MR) is 94.5 cm³/mol. The minimum atomic E-state index is -3.70. The number of nitrogens with zero attached hydrogens (tertiary/aromatic N) is 1. The van der Waals surface area contributed by atoms with Crippen LogP contribution in [0.1, 0.15) is 34.5 Å². The van der Waals surface area contributed by atoms with Crippen LogP contribution in [0.5, 0.6) is 0 Å². The van der Waals surface area contributed by atoms with E-state index in [1.165, 1.54) is 21.7 Å². The van der Waals surface area contributed by atoms with Crippen LogP contribution in [0.3, 0.4) is 0 Å². The van der Waals surface area contributed by atoms with E-state index < -0.39 is 21.7 Å². The molecule has 8 heteroatoms. The van der Waals surface area contributed by atoms with Crippen molar-refractivity contribution in [1.82, 2.24) is 9.62 Å². The molecule has 1 aliphatic heterocycles. The van der Waals surface area contributed by atoms with E-state index in [0.29, 0.717) is 13.1 Å². The maximum Gasteiger partial charge on any atom is 0.254 e. The number of carbonyl (C=O) groups is 1. The maximum absolute atomic E-state index is 14.0. The Bertz CT molecular complexity index is 845. The molecule has 0 bridgehead atoms. The van der Waals surface area contributed by atoms with Crippen LogP contribution in [-0.2, 0) is 16.6 Å². The fourth-order valence-electron chi connectivity index (χ4n) is 2.77. The van der Waals surface area contributed by atoms with Gasteiger partial charge < -0.3 is 5.32 Å². The van der Waals surface area contributed by atoms with Crippen molar-refractivity contribution in [3.8, 4) is 0 Å². The van der Waals surface area contributed by atoms with Gasteiger partial charge in [0.2, 0.25) is 10.0 Å². The van der Waals surface area contributed by atoms with Gasteiger partial charge in [0.1, 0.15) is 5.82 Å². The highest BCUT2D eigenvalue weighted by atomic mass is 32.2. The molecule has 1 aliphatic rings. The lowest BCUT2D eigenvalue weighted by molar-refractivity contribution is 0.0947. The first kappa shape index (κ1) is 18.0. The molecule has 5 nitrogen and oxygen atoms in total. The molecule has 1 aromatic carbocycles. The molecule has 1 amide bonds. The smallest absolute Gasteiger partial charge is 0.254 e. The van der Waals surface area contributed by atoms with Gasteiger partial charge in [0.05, 0.1) is 17.0 Å². The summed E-state index contributed by atoms with van der Waals surface area (Å²) in [6.07, 6.45) is 2.63. The number of thiophene rings is 1. The Balaban J connectivity index is 1.81. The van der Waals surface area contributed by atoms with Crippen LogP contribution in [0.15, 0.2) is 40.6 Å². The van der Waals surface area contributed by atoms with Gasteiger partial charge in [-0.05, 0) is 42.5 Å². The highest BCUT2D eigenvalue weighted by Gasteiger charge is 2.27. The second-order valence-electron chi connectivity index (χ2n) is 5.87. The summed E-state index contributed by atoms with van der Waals surface area (Å²) in [6.45, 7) is 1.19. The maximum atomic E-state index is 14.0. The van der Waals surface area contributed by atoms with E-state index in [2.05, 4.69) is 5.32 Å². The number of amides is 1. The highest BCUT2D eigenvalue weighted by molar-refractivity contribution is 7.89. The van der Waals surface area contributed by atoms with Gasteiger partial charge in [0, 0.05) is 18.0 Å². The van der Waals surface area contributed by atoms with Crippen LogP contribution in [-0.4, -0.2) is 31.7 Å². The van der Waals surface area contributed by atoms with Crippen LogP contribution < -0.4 is 5.32 Å². The zero-order valence-electron chi connectivity index (χ0n) is 13.6. The normalized spacial score (nSPS) is 15.9. The van der Waals surface area contributed by atoms with E-state index in [9.17, 15) is 17.6 Å². The average Bonchev–Trinajstić information content (AvgIpc) is 3.14. The van der Waals surface area contributed by atoms with Crippen molar-refractivity contribution in [3.05, 3.63) is 52.0 Å². The number of hydrogen-bond acceptors (Lipinski definition) is 4. The van der Waals surface area contributed by atoms with Gasteiger partial charge in [-0.3, -0.25) is 4.79 Å². The third-order valence-corrected chi connectivity index (χ3v) is 6.91. The van der Waals surface area contributed by atoms with Crippen LogP contribution in [0.4, 0.5) is 4.39 Å². The number of benzene rings is 1. The first-order chi connectivity index (χ1) is 12.0. The van der Waals surface area contributed by atoms with Gasteiger partial charge in [-0.15, -0.1) is 11.3 Å². The van der Waals surface area contributed by atoms with E-state index in [1.807, 2.05) is 17.5 Å². The molecule has 2 aromatic rings. The van der Waals surface area contributed by atoms with E-state index in [0.717, 1.165) is 36.3 Å². The molecule has 0 unspecified atom stereocenters. The Hall–Kier alpha value is -1.77. The molecular weight excluding hydrogens is 363 g/mol. The molecule has 1 fully saturated rings. The molecule has 2 heterocycles.